The van der Waals surface area contributed by atoms with E-state index in [4.69, 9.17) is 0 Å². The molecule has 0 atom stereocenters. The molecule has 0 radical (unpaired) electrons. The summed E-state index contributed by atoms with van der Waals surface area (Å²) in [6.45, 7) is -0.440. The van der Waals surface area contributed by atoms with E-state index in [1.807, 2.05) is 0 Å². The van der Waals surface area contributed by atoms with Gasteiger partial charge in [-0.2, -0.15) is 83.4 Å². The number of hydrogen-bond donors (Lipinski definition) is 0. The van der Waals surface area contributed by atoms with Crippen molar-refractivity contribution in [3.8, 4) is 0 Å². The fraction of sp³-hybridized carbons (Fsp3) is 0.769. The van der Waals surface area contributed by atoms with Gasteiger partial charge in [0, 0.05) is 6.08 Å². The molecule has 0 bridgehead atoms. The first-order valence-corrected chi connectivity index (χ1v) is 7.65. The van der Waals surface area contributed by atoms with E-state index in [9.17, 15) is 88.2 Å². The van der Waals surface area contributed by atoms with Crippen LogP contribution in [-0.2, 0) is 19.0 Å². The van der Waals surface area contributed by atoms with E-state index in [1.54, 1.807) is 4.74 Å². The van der Waals surface area contributed by atoms with Gasteiger partial charge in [-0.15, -0.1) is 0 Å². The van der Waals surface area contributed by atoms with Gasteiger partial charge in [0.05, 0.1) is 0 Å². The molecule has 0 N–H and O–H groups in total. The molecular formula is C13H5F19O4. The van der Waals surface area contributed by atoms with Crippen molar-refractivity contribution in [1.29, 1.82) is 0 Å². The van der Waals surface area contributed by atoms with Crippen molar-refractivity contribution in [3.05, 3.63) is 12.7 Å². The quantitative estimate of drug-likeness (QED) is 0.155. The lowest BCUT2D eigenvalue weighted by Gasteiger charge is -2.38. The molecule has 0 heterocycles. The highest BCUT2D eigenvalue weighted by molar-refractivity contribution is 5.81. The summed E-state index contributed by atoms with van der Waals surface area (Å²) in [5.41, 5.74) is 0. The Balaban J connectivity index is 6.17. The first-order chi connectivity index (χ1) is 15.4. The third kappa shape index (κ3) is 5.85. The predicted molar refractivity (Wildman–Crippen MR) is 69.0 cm³/mol. The van der Waals surface area contributed by atoms with E-state index in [0.717, 1.165) is 0 Å². The largest absolute Gasteiger partial charge is 0.460 e. The third-order valence-electron chi connectivity index (χ3n) is 3.35. The van der Waals surface area contributed by atoms with Gasteiger partial charge in [0.25, 0.3) is 0 Å². The zero-order chi connectivity index (χ0) is 29.6. The summed E-state index contributed by atoms with van der Waals surface area (Å²) in [6, 6.07) is 0. The Morgan fingerprint density at radius 3 is 1.25 bits per heavy atom. The van der Waals surface area contributed by atoms with Crippen molar-refractivity contribution in [1.82, 2.24) is 0 Å². The number of halogens is 19. The lowest BCUT2D eigenvalue weighted by atomic mass is 10.0. The maximum Gasteiger partial charge on any atom is 0.460 e. The van der Waals surface area contributed by atoms with Gasteiger partial charge in [0.1, 0.15) is 0 Å². The first kappa shape index (κ1) is 33.8. The number of ether oxygens (including phenoxy) is 3. The van der Waals surface area contributed by atoms with Crippen LogP contribution in [0.25, 0.3) is 0 Å². The van der Waals surface area contributed by atoms with E-state index in [1.165, 1.54) is 4.74 Å². The number of esters is 1. The van der Waals surface area contributed by atoms with Crippen LogP contribution in [0.3, 0.4) is 0 Å². The van der Waals surface area contributed by atoms with Gasteiger partial charge >= 0.3 is 60.3 Å². The van der Waals surface area contributed by atoms with E-state index < -0.39 is 66.9 Å². The van der Waals surface area contributed by atoms with Gasteiger partial charge in [0.15, 0.2) is 6.61 Å². The topological polar surface area (TPSA) is 44.8 Å². The van der Waals surface area contributed by atoms with Gasteiger partial charge in [-0.3, -0.25) is 0 Å². The molecule has 4 nitrogen and oxygen atoms in total. The molecule has 0 aromatic heterocycles. The van der Waals surface area contributed by atoms with Crippen LogP contribution in [0.15, 0.2) is 12.7 Å². The number of carbonyl (C=O) groups excluding carboxylic acids is 1. The second-order valence-corrected chi connectivity index (χ2v) is 6.01. The zero-order valence-electron chi connectivity index (χ0n) is 15.8. The number of hydrogen-bond acceptors (Lipinski definition) is 4. The molecule has 0 aliphatic heterocycles. The van der Waals surface area contributed by atoms with Crippen LogP contribution in [-0.4, -0.2) is 66.9 Å². The van der Waals surface area contributed by atoms with Crippen LogP contribution in [0.2, 0.25) is 0 Å². The van der Waals surface area contributed by atoms with Crippen molar-refractivity contribution in [2.24, 2.45) is 0 Å². The summed E-state index contributed by atoms with van der Waals surface area (Å²) in [7, 11) is 0. The Hall–Kier alpha value is -2.20. The molecule has 23 heteroatoms. The lowest BCUT2D eigenvalue weighted by Crippen LogP contribution is -2.68. The summed E-state index contributed by atoms with van der Waals surface area (Å²) in [6.07, 6.45) is -38.5. The number of carbonyl (C=O) groups is 1. The van der Waals surface area contributed by atoms with E-state index in [2.05, 4.69) is 11.3 Å². The van der Waals surface area contributed by atoms with Crippen molar-refractivity contribution in [2.75, 3.05) is 6.61 Å². The predicted octanol–water partition coefficient (Wildman–Crippen LogP) is 6.22. The summed E-state index contributed by atoms with van der Waals surface area (Å²) in [4.78, 5) is 10.5. The average Bonchev–Trinajstić information content (AvgIpc) is 2.62. The molecule has 0 spiro atoms. The SMILES string of the molecule is C=CC(=O)OCC(F)(F)C(F)(F)OC(F)(F)C(F)(F)OC(F)(F)C(F)(F)C(F)(F)C(F)(F)C(F)(F)F. The molecule has 0 aliphatic rings. The molecule has 0 saturated heterocycles. The second-order valence-electron chi connectivity index (χ2n) is 6.01. The Morgan fingerprint density at radius 2 is 0.917 bits per heavy atom. The molecule has 0 aromatic carbocycles. The maximum atomic E-state index is 13.2. The monoisotopic (exact) mass is 586 g/mol. The Morgan fingerprint density at radius 1 is 0.556 bits per heavy atom. The van der Waals surface area contributed by atoms with Crippen molar-refractivity contribution >= 4 is 5.97 Å². The highest BCUT2D eigenvalue weighted by Gasteiger charge is 2.89. The highest BCUT2D eigenvalue weighted by atomic mass is 19.4. The fourth-order valence-electron chi connectivity index (χ4n) is 1.44. The standard InChI is InChI=1S/C13H5F19O4/c1-2-4(33)34-3-5(14,15)10(25,26)35-12(29,30)13(31,32)36-11(27,28)8(20,21)6(16,17)7(18,19)9(22,23)24/h2H,1,3H2. The molecule has 0 rings (SSSR count). The van der Waals surface area contributed by atoms with Crippen molar-refractivity contribution in [3.63, 3.8) is 0 Å². The van der Waals surface area contributed by atoms with Crippen LogP contribution in [0.1, 0.15) is 0 Å². The van der Waals surface area contributed by atoms with Gasteiger partial charge in [0.2, 0.25) is 0 Å². The third-order valence-corrected chi connectivity index (χ3v) is 3.35. The smallest absolute Gasteiger partial charge is 0.456 e. The van der Waals surface area contributed by atoms with Gasteiger partial charge < -0.3 is 4.74 Å². The molecular weight excluding hydrogens is 581 g/mol. The van der Waals surface area contributed by atoms with Crippen LogP contribution in [0.4, 0.5) is 83.4 Å². The summed E-state index contributed by atoms with van der Waals surface area (Å²) in [5.74, 6) is -33.3. The normalized spacial score (nSPS) is 15.6. The van der Waals surface area contributed by atoms with Crippen LogP contribution < -0.4 is 0 Å². The molecule has 0 aromatic rings. The number of rotatable bonds is 12. The van der Waals surface area contributed by atoms with Crippen LogP contribution in [0.5, 0.6) is 0 Å². The van der Waals surface area contributed by atoms with Crippen LogP contribution >= 0.6 is 0 Å². The molecule has 0 amide bonds. The maximum absolute atomic E-state index is 13.2. The Labute approximate surface area is 183 Å². The summed E-state index contributed by atoms with van der Waals surface area (Å²) < 4.78 is 251. The van der Waals surface area contributed by atoms with E-state index in [-0.39, 0.29) is 6.08 Å². The van der Waals surface area contributed by atoms with E-state index in [0.29, 0.717) is 0 Å². The Kier molecular flexibility index (Phi) is 8.71. The van der Waals surface area contributed by atoms with Gasteiger partial charge in [-0.25, -0.2) is 14.3 Å². The molecule has 36 heavy (non-hydrogen) atoms. The molecule has 0 fully saturated rings. The minimum absolute atomic E-state index is 0.00598. The highest BCUT2D eigenvalue weighted by Crippen LogP contribution is 2.59. The molecule has 0 saturated carbocycles. The van der Waals surface area contributed by atoms with Gasteiger partial charge in [-0.05, 0) is 0 Å². The van der Waals surface area contributed by atoms with Gasteiger partial charge in [-0.1, -0.05) is 6.58 Å². The zero-order valence-corrected chi connectivity index (χ0v) is 15.8. The minimum atomic E-state index is -8.47. The van der Waals surface area contributed by atoms with Crippen molar-refractivity contribution in [2.45, 2.75) is 54.3 Å². The molecule has 0 aliphatic carbocycles. The second kappa shape index (κ2) is 9.28. The lowest BCUT2D eigenvalue weighted by molar-refractivity contribution is -0.552. The molecule has 214 valence electrons. The van der Waals surface area contributed by atoms with Crippen LogP contribution in [0, 0.1) is 0 Å². The fourth-order valence-corrected chi connectivity index (χ4v) is 1.44. The first-order valence-electron chi connectivity index (χ1n) is 7.65. The average molecular weight is 586 g/mol. The minimum Gasteiger partial charge on any atom is -0.456 e. The number of alkyl halides is 19. The summed E-state index contributed by atoms with van der Waals surface area (Å²) in [5, 5.41) is 0. The van der Waals surface area contributed by atoms with Crippen molar-refractivity contribution < 1.29 is 102 Å². The Bertz CT molecular complexity index is 815. The summed E-state index contributed by atoms with van der Waals surface area (Å²) >= 11 is 0. The molecule has 0 unspecified atom stereocenters. The van der Waals surface area contributed by atoms with E-state index >= 15 is 0 Å².